The lowest BCUT2D eigenvalue weighted by Crippen LogP contribution is -2.47. The van der Waals surface area contributed by atoms with Crippen LogP contribution in [-0.2, 0) is 48.7 Å². The molecule has 0 fully saturated rings. The van der Waals surface area contributed by atoms with Crippen molar-refractivity contribution in [3.63, 3.8) is 0 Å². The average Bonchev–Trinajstić information content (AvgIpc) is 3.61. The van der Waals surface area contributed by atoms with Gasteiger partial charge < -0.3 is 39.5 Å². The quantitative estimate of drug-likeness (QED) is 0.0367. The number of unbranched alkanes of at least 4 members (excludes halogenated alkanes) is 2. The highest BCUT2D eigenvalue weighted by atomic mass is 33.1. The van der Waals surface area contributed by atoms with Crippen LogP contribution >= 0.6 is 21.6 Å². The topological polar surface area (TPSA) is 142 Å². The summed E-state index contributed by atoms with van der Waals surface area (Å²) in [5.74, 6) is 2.69. The molecule has 0 bridgehead atoms. The van der Waals surface area contributed by atoms with Gasteiger partial charge in [0.05, 0.1) is 41.7 Å². The number of Topliss-reactive ketones (excluding diaryl/α,β-unsaturated/α-hetero) is 1. The van der Waals surface area contributed by atoms with E-state index in [9.17, 15) is 19.2 Å². The van der Waals surface area contributed by atoms with E-state index >= 15 is 0 Å². The molecule has 13 nitrogen and oxygen atoms in total. The fourth-order valence-corrected chi connectivity index (χ4v) is 13.6. The molecule has 0 radical (unpaired) electrons. The van der Waals surface area contributed by atoms with Gasteiger partial charge in [-0.05, 0) is 142 Å². The minimum Gasteiger partial charge on any atom is -0.493 e. The normalized spacial score (nSPS) is 16.7. The summed E-state index contributed by atoms with van der Waals surface area (Å²) in [5, 5.41) is 6.73. The first-order valence-electron chi connectivity index (χ1n) is 27.3. The molecule has 5 aromatic rings. The van der Waals surface area contributed by atoms with Crippen molar-refractivity contribution in [2.24, 2.45) is 4.99 Å². The molecule has 2 atom stereocenters. The smallest absolute Gasteiger partial charge is 0.256 e. The molecule has 0 aromatic heterocycles. The number of nitrogens with zero attached hydrogens (tertiary/aromatic N) is 4. The van der Waals surface area contributed by atoms with Gasteiger partial charge in [-0.15, -0.1) is 0 Å². The predicted molar refractivity (Wildman–Crippen MR) is 312 cm³/mol. The number of ether oxygens (including phenoxy) is 3. The van der Waals surface area contributed by atoms with E-state index < -0.39 is 0 Å². The van der Waals surface area contributed by atoms with Gasteiger partial charge in [0.2, 0.25) is 5.91 Å². The molecule has 3 amide bonds. The summed E-state index contributed by atoms with van der Waals surface area (Å²) in [4.78, 5) is 65.0. The van der Waals surface area contributed by atoms with Crippen molar-refractivity contribution in [1.82, 2.24) is 9.80 Å². The van der Waals surface area contributed by atoms with Crippen molar-refractivity contribution in [2.75, 3.05) is 55.1 Å². The SMILES string of the molecule is CC=NCCCCCC(=O)CCCSSC(C)(C)CCC(=O)Nc1cc(COc2cc3c(cc2C)C(=O)N2Cc4ccccc4C[C@H]2CN3C)cc(COc2cc3c(cc2OC)C(=O)N2Cc4ccccc4C[C@H]2CN3)c1. The third-order valence-corrected chi connectivity index (χ3v) is 18.6. The van der Waals surface area contributed by atoms with E-state index in [4.69, 9.17) is 14.2 Å². The van der Waals surface area contributed by atoms with Crippen molar-refractivity contribution in [3.05, 3.63) is 141 Å². The molecular formula is C62H74N6O7S2. The number of amides is 3. The van der Waals surface area contributed by atoms with Crippen LogP contribution in [0.25, 0.3) is 0 Å². The Labute approximate surface area is 462 Å². The number of anilines is 3. The number of carbonyl (C=O) groups excluding carboxylic acids is 4. The Morgan fingerprint density at radius 3 is 2.12 bits per heavy atom. The fraction of sp³-hybridized carbons (Fsp3) is 0.435. The van der Waals surface area contributed by atoms with Crippen molar-refractivity contribution in [1.29, 1.82) is 0 Å². The molecule has 0 saturated carbocycles. The van der Waals surface area contributed by atoms with E-state index in [0.29, 0.717) is 97.4 Å². The number of carbonyl (C=O) groups is 4. The van der Waals surface area contributed by atoms with Gasteiger partial charge >= 0.3 is 0 Å². The first-order chi connectivity index (χ1) is 37.2. The molecule has 5 aromatic carbocycles. The van der Waals surface area contributed by atoms with Gasteiger partial charge in [0.25, 0.3) is 11.8 Å². The maximum atomic E-state index is 14.2. The molecule has 2 N–H and O–H groups in total. The lowest BCUT2D eigenvalue weighted by molar-refractivity contribution is -0.119. The van der Waals surface area contributed by atoms with Crippen LogP contribution in [0, 0.1) is 6.92 Å². The van der Waals surface area contributed by atoms with E-state index in [0.717, 1.165) is 73.2 Å². The summed E-state index contributed by atoms with van der Waals surface area (Å²) < 4.78 is 18.9. The Balaban J connectivity index is 0.876. The number of nitrogens with one attached hydrogen (secondary N) is 2. The Bertz CT molecular complexity index is 3000. The Morgan fingerprint density at radius 1 is 0.766 bits per heavy atom. The van der Waals surface area contributed by atoms with Crippen molar-refractivity contribution in [3.8, 4) is 17.2 Å². The van der Waals surface area contributed by atoms with Gasteiger partial charge in [-0.3, -0.25) is 24.2 Å². The highest BCUT2D eigenvalue weighted by Crippen LogP contribution is 2.41. The number of aliphatic imine (C=N–C) groups is 1. The molecule has 0 spiro atoms. The highest BCUT2D eigenvalue weighted by Gasteiger charge is 2.37. The average molecular weight is 1080 g/mol. The molecule has 4 aliphatic rings. The fourth-order valence-electron chi connectivity index (χ4n) is 10.9. The Kier molecular flexibility index (Phi) is 18.2. The Morgan fingerprint density at radius 2 is 1.42 bits per heavy atom. The van der Waals surface area contributed by atoms with Crippen LogP contribution in [0.4, 0.5) is 17.1 Å². The molecule has 0 aliphatic carbocycles. The number of hydrogen-bond donors (Lipinski definition) is 2. The van der Waals surface area contributed by atoms with Gasteiger partial charge in [-0.2, -0.15) is 0 Å². The van der Waals surface area contributed by atoms with E-state index in [1.165, 1.54) is 22.3 Å². The van der Waals surface area contributed by atoms with E-state index in [2.05, 4.69) is 70.8 Å². The van der Waals surface area contributed by atoms with E-state index in [1.807, 2.05) is 85.4 Å². The van der Waals surface area contributed by atoms with Crippen LogP contribution < -0.4 is 29.7 Å². The zero-order valence-corrected chi connectivity index (χ0v) is 47.2. The van der Waals surface area contributed by atoms with Gasteiger partial charge in [0.1, 0.15) is 24.7 Å². The molecular weight excluding hydrogens is 1000 g/mol. The van der Waals surface area contributed by atoms with Crippen molar-refractivity contribution >= 4 is 68.4 Å². The van der Waals surface area contributed by atoms with Crippen LogP contribution in [0.5, 0.6) is 17.2 Å². The standard InChI is InChI=1S/C62H74N6O7S2/c1-7-63-24-14-8-9-20-51(69)21-15-25-76-77-62(3,4)23-22-59(70)65-48-28-42(39-74-56-34-55-53(26-41(56)2)61(72)68-37-47-19-13-11-17-45(47)31-50(68)38-66(55)5)27-43(29-48)40-75-58-33-54-52(32-57(58)73-6)60(71)67-36-46-18-12-10-16-44(46)30-49(67)35-64-54/h7,10-13,16-19,26-29,32-34,49-50,64H,8-9,14-15,20-25,30-31,35-40H2,1-6H3,(H,65,70)/t49-,50-/m0/s1. The molecule has 4 aliphatic heterocycles. The number of likely N-dealkylation sites (N-methyl/N-ethyl adjacent to an activating group) is 1. The minimum absolute atomic E-state index is 0.00537. The monoisotopic (exact) mass is 1080 g/mol. The van der Waals surface area contributed by atoms with E-state index in [-0.39, 0.29) is 47.8 Å². The molecule has 9 rings (SSSR count). The summed E-state index contributed by atoms with van der Waals surface area (Å²) in [6.07, 6.45) is 9.48. The molecule has 15 heteroatoms. The van der Waals surface area contributed by atoms with Crippen LogP contribution in [0.2, 0.25) is 0 Å². The van der Waals surface area contributed by atoms with Gasteiger partial charge in [-0.25, -0.2) is 0 Å². The van der Waals surface area contributed by atoms with Crippen LogP contribution in [0.1, 0.15) is 132 Å². The minimum atomic E-state index is -0.167. The third kappa shape index (κ3) is 13.8. The van der Waals surface area contributed by atoms with Crippen LogP contribution in [-0.4, -0.2) is 95.9 Å². The van der Waals surface area contributed by atoms with E-state index in [1.54, 1.807) is 34.8 Å². The number of fused-ring (bicyclic) bond motifs is 6. The van der Waals surface area contributed by atoms with Gasteiger partial charge in [-0.1, -0.05) is 76.5 Å². The van der Waals surface area contributed by atoms with Crippen molar-refractivity contribution < 1.29 is 33.4 Å². The number of benzene rings is 5. The first kappa shape index (κ1) is 55.3. The number of methoxy groups -OCH3 is 1. The summed E-state index contributed by atoms with van der Waals surface area (Å²) in [6.45, 7) is 11.8. The lowest BCUT2D eigenvalue weighted by Gasteiger charge is -2.36. The Hall–Kier alpha value is -6.45. The maximum Gasteiger partial charge on any atom is 0.256 e. The molecule has 4 heterocycles. The second-order valence-corrected chi connectivity index (χ2v) is 24.6. The summed E-state index contributed by atoms with van der Waals surface area (Å²) in [7, 11) is 7.16. The molecule has 406 valence electrons. The summed E-state index contributed by atoms with van der Waals surface area (Å²) in [6, 6.07) is 30.2. The number of aryl methyl sites for hydroxylation is 1. The van der Waals surface area contributed by atoms with Crippen LogP contribution in [0.3, 0.4) is 0 Å². The largest absolute Gasteiger partial charge is 0.493 e. The molecule has 0 unspecified atom stereocenters. The number of ketones is 1. The van der Waals surface area contributed by atoms with Gasteiger partial charge in [0, 0.05) is 87.4 Å². The maximum absolute atomic E-state index is 14.2. The highest BCUT2D eigenvalue weighted by molar-refractivity contribution is 8.77. The second-order valence-electron chi connectivity index (χ2n) is 21.5. The molecule has 0 saturated heterocycles. The lowest BCUT2D eigenvalue weighted by atomic mass is 9.93. The van der Waals surface area contributed by atoms with Crippen LogP contribution in [0.15, 0.2) is 96.0 Å². The number of rotatable bonds is 23. The third-order valence-electron chi connectivity index (χ3n) is 15.2. The molecule has 77 heavy (non-hydrogen) atoms. The number of hydrogen-bond acceptors (Lipinski definition) is 12. The van der Waals surface area contributed by atoms with Gasteiger partial charge in [0.15, 0.2) is 11.5 Å². The summed E-state index contributed by atoms with van der Waals surface area (Å²) >= 11 is 0. The zero-order chi connectivity index (χ0) is 54.1. The predicted octanol–water partition coefficient (Wildman–Crippen LogP) is 12.1. The second kappa shape index (κ2) is 25.3. The summed E-state index contributed by atoms with van der Waals surface area (Å²) in [5.41, 5.74) is 10.7. The van der Waals surface area contributed by atoms with Crippen molar-refractivity contribution in [2.45, 2.75) is 135 Å². The first-order valence-corrected chi connectivity index (χ1v) is 29.6. The zero-order valence-electron chi connectivity index (χ0n) is 45.6.